The van der Waals surface area contributed by atoms with E-state index in [0.717, 1.165) is 13.0 Å². The van der Waals surface area contributed by atoms with Gasteiger partial charge in [0.05, 0.1) is 6.61 Å². The standard InChI is InChI=1S/C8H16N2O2S/c1-9-7(13)10-5-8(11-2)3-4-12-6-8/h3-6H2,1-2H3,(H2,9,10,13). The molecule has 1 aliphatic rings. The number of hydrogen-bond donors (Lipinski definition) is 2. The van der Waals surface area contributed by atoms with E-state index in [1.54, 1.807) is 14.2 Å². The van der Waals surface area contributed by atoms with Crippen LogP contribution in [0.15, 0.2) is 0 Å². The van der Waals surface area contributed by atoms with Gasteiger partial charge in [0.2, 0.25) is 0 Å². The molecule has 0 aromatic carbocycles. The number of thiocarbonyl (C=S) groups is 1. The van der Waals surface area contributed by atoms with E-state index in [4.69, 9.17) is 21.7 Å². The summed E-state index contributed by atoms with van der Waals surface area (Å²) in [7, 11) is 3.50. The molecular weight excluding hydrogens is 188 g/mol. The summed E-state index contributed by atoms with van der Waals surface area (Å²) in [4.78, 5) is 0. The Bertz CT molecular complexity index is 181. The normalized spacial score (nSPS) is 27.2. The maximum absolute atomic E-state index is 5.42. The minimum atomic E-state index is -0.194. The van der Waals surface area contributed by atoms with Crippen molar-refractivity contribution < 1.29 is 9.47 Å². The van der Waals surface area contributed by atoms with Crippen LogP contribution in [-0.4, -0.2) is 44.6 Å². The van der Waals surface area contributed by atoms with Gasteiger partial charge in [0, 0.05) is 33.7 Å². The Kier molecular flexibility index (Phi) is 3.90. The van der Waals surface area contributed by atoms with Crippen LogP contribution in [0.2, 0.25) is 0 Å². The van der Waals surface area contributed by atoms with Crippen LogP contribution < -0.4 is 10.6 Å². The number of ether oxygens (including phenoxy) is 2. The molecule has 1 saturated heterocycles. The molecule has 1 atom stereocenters. The Labute approximate surface area is 84.0 Å². The smallest absolute Gasteiger partial charge is 0.166 e. The Morgan fingerprint density at radius 1 is 1.69 bits per heavy atom. The van der Waals surface area contributed by atoms with Crippen molar-refractivity contribution in [2.45, 2.75) is 12.0 Å². The fourth-order valence-electron chi connectivity index (χ4n) is 1.29. The average Bonchev–Trinajstić information content (AvgIpc) is 2.63. The van der Waals surface area contributed by atoms with Gasteiger partial charge in [-0.1, -0.05) is 0 Å². The van der Waals surface area contributed by atoms with Gasteiger partial charge in [-0.3, -0.25) is 0 Å². The first-order valence-corrected chi connectivity index (χ1v) is 4.72. The summed E-state index contributed by atoms with van der Waals surface area (Å²) < 4.78 is 10.7. The first-order valence-electron chi connectivity index (χ1n) is 4.31. The highest BCUT2D eigenvalue weighted by molar-refractivity contribution is 7.80. The van der Waals surface area contributed by atoms with Crippen LogP contribution in [-0.2, 0) is 9.47 Å². The van der Waals surface area contributed by atoms with Crippen molar-refractivity contribution in [2.24, 2.45) is 0 Å². The van der Waals surface area contributed by atoms with Crippen molar-refractivity contribution in [3.8, 4) is 0 Å². The Balaban J connectivity index is 2.35. The van der Waals surface area contributed by atoms with Crippen LogP contribution in [0.25, 0.3) is 0 Å². The largest absolute Gasteiger partial charge is 0.378 e. The molecule has 0 aromatic rings. The van der Waals surface area contributed by atoms with E-state index in [1.165, 1.54) is 0 Å². The third kappa shape index (κ3) is 2.79. The quantitative estimate of drug-likeness (QED) is 0.628. The second kappa shape index (κ2) is 4.74. The molecule has 5 heteroatoms. The molecule has 1 aliphatic heterocycles. The third-order valence-corrected chi connectivity index (χ3v) is 2.65. The molecule has 0 amide bonds. The molecule has 2 N–H and O–H groups in total. The zero-order valence-corrected chi connectivity index (χ0v) is 8.87. The summed E-state index contributed by atoms with van der Waals surface area (Å²) in [5.41, 5.74) is -0.194. The van der Waals surface area contributed by atoms with Gasteiger partial charge < -0.3 is 20.1 Å². The Morgan fingerprint density at radius 3 is 2.92 bits per heavy atom. The first-order chi connectivity index (χ1) is 6.22. The van der Waals surface area contributed by atoms with E-state index in [1.807, 2.05) is 0 Å². The lowest BCUT2D eigenvalue weighted by molar-refractivity contribution is -0.0126. The molecule has 13 heavy (non-hydrogen) atoms. The predicted octanol–water partition coefficient (Wildman–Crippen LogP) is -0.114. The lowest BCUT2D eigenvalue weighted by Gasteiger charge is -2.26. The van der Waals surface area contributed by atoms with Gasteiger partial charge in [-0.2, -0.15) is 0 Å². The summed E-state index contributed by atoms with van der Waals surface area (Å²) in [5, 5.41) is 6.58. The number of methoxy groups -OCH3 is 1. The molecule has 1 rings (SSSR count). The molecule has 0 spiro atoms. The van der Waals surface area contributed by atoms with Gasteiger partial charge in [0.25, 0.3) is 0 Å². The van der Waals surface area contributed by atoms with Crippen LogP contribution in [0.5, 0.6) is 0 Å². The van der Waals surface area contributed by atoms with Crippen molar-refractivity contribution in [3.63, 3.8) is 0 Å². The SMILES string of the molecule is CNC(=S)NCC1(OC)CCOC1. The van der Waals surface area contributed by atoms with E-state index in [0.29, 0.717) is 18.3 Å². The molecule has 0 saturated carbocycles. The highest BCUT2D eigenvalue weighted by Gasteiger charge is 2.34. The Morgan fingerprint density at radius 2 is 2.46 bits per heavy atom. The van der Waals surface area contributed by atoms with Crippen molar-refractivity contribution in [2.75, 3.05) is 33.9 Å². The highest BCUT2D eigenvalue weighted by atomic mass is 32.1. The van der Waals surface area contributed by atoms with Gasteiger partial charge >= 0.3 is 0 Å². The summed E-state index contributed by atoms with van der Waals surface area (Å²) in [6.07, 6.45) is 0.919. The summed E-state index contributed by atoms with van der Waals surface area (Å²) in [6.45, 7) is 2.10. The lowest BCUT2D eigenvalue weighted by Crippen LogP contribution is -2.47. The van der Waals surface area contributed by atoms with E-state index in [2.05, 4.69) is 10.6 Å². The predicted molar refractivity (Wildman–Crippen MR) is 54.8 cm³/mol. The van der Waals surface area contributed by atoms with Crippen LogP contribution in [0.1, 0.15) is 6.42 Å². The summed E-state index contributed by atoms with van der Waals surface area (Å²) in [6, 6.07) is 0. The van der Waals surface area contributed by atoms with Gasteiger partial charge in [0.1, 0.15) is 5.60 Å². The molecular formula is C8H16N2O2S. The maximum Gasteiger partial charge on any atom is 0.166 e. The molecule has 0 aromatic heterocycles. The van der Waals surface area contributed by atoms with Crippen molar-refractivity contribution >= 4 is 17.3 Å². The second-order valence-electron chi connectivity index (χ2n) is 3.12. The number of nitrogens with one attached hydrogen (secondary N) is 2. The van der Waals surface area contributed by atoms with E-state index >= 15 is 0 Å². The number of rotatable bonds is 3. The molecule has 0 bridgehead atoms. The van der Waals surface area contributed by atoms with Crippen molar-refractivity contribution in [1.29, 1.82) is 0 Å². The third-order valence-electron chi connectivity index (χ3n) is 2.30. The lowest BCUT2D eigenvalue weighted by atomic mass is 10.0. The number of hydrogen-bond acceptors (Lipinski definition) is 3. The molecule has 1 fully saturated rings. The van der Waals surface area contributed by atoms with Crippen molar-refractivity contribution in [1.82, 2.24) is 10.6 Å². The van der Waals surface area contributed by atoms with Crippen LogP contribution >= 0.6 is 12.2 Å². The van der Waals surface area contributed by atoms with Gasteiger partial charge in [-0.15, -0.1) is 0 Å². The molecule has 4 nitrogen and oxygen atoms in total. The molecule has 76 valence electrons. The highest BCUT2D eigenvalue weighted by Crippen LogP contribution is 2.21. The molecule has 1 heterocycles. The molecule has 0 aliphatic carbocycles. The average molecular weight is 204 g/mol. The van der Waals surface area contributed by atoms with E-state index in [9.17, 15) is 0 Å². The van der Waals surface area contributed by atoms with Gasteiger partial charge in [-0.05, 0) is 12.2 Å². The monoisotopic (exact) mass is 204 g/mol. The summed E-state index contributed by atoms with van der Waals surface area (Å²) >= 11 is 4.97. The van der Waals surface area contributed by atoms with Gasteiger partial charge in [-0.25, -0.2) is 0 Å². The fourth-order valence-corrected chi connectivity index (χ4v) is 1.36. The minimum Gasteiger partial charge on any atom is -0.378 e. The molecule has 0 radical (unpaired) electrons. The van der Waals surface area contributed by atoms with Crippen LogP contribution in [0.3, 0.4) is 0 Å². The second-order valence-corrected chi connectivity index (χ2v) is 3.53. The van der Waals surface area contributed by atoms with Crippen LogP contribution in [0.4, 0.5) is 0 Å². The maximum atomic E-state index is 5.42. The summed E-state index contributed by atoms with van der Waals surface area (Å²) in [5.74, 6) is 0. The fraction of sp³-hybridized carbons (Fsp3) is 0.875. The van der Waals surface area contributed by atoms with Gasteiger partial charge in [0.15, 0.2) is 5.11 Å². The van der Waals surface area contributed by atoms with E-state index < -0.39 is 0 Å². The Hall–Kier alpha value is -0.390. The topological polar surface area (TPSA) is 42.5 Å². The van der Waals surface area contributed by atoms with E-state index in [-0.39, 0.29) is 5.60 Å². The minimum absolute atomic E-state index is 0.194. The van der Waals surface area contributed by atoms with Crippen LogP contribution in [0, 0.1) is 0 Å². The zero-order chi connectivity index (χ0) is 9.73. The van der Waals surface area contributed by atoms with Crippen molar-refractivity contribution in [3.05, 3.63) is 0 Å². The molecule has 1 unspecified atom stereocenters. The first kappa shape index (κ1) is 10.7. The zero-order valence-electron chi connectivity index (χ0n) is 8.05.